The molecule has 4 rings (SSSR count). The van der Waals surface area contributed by atoms with E-state index in [0.717, 1.165) is 18.7 Å². The molecule has 2 heterocycles. The van der Waals surface area contributed by atoms with Crippen molar-refractivity contribution in [3.63, 3.8) is 0 Å². The van der Waals surface area contributed by atoms with Crippen LogP contribution < -0.4 is 9.21 Å². The first kappa shape index (κ1) is 20.7. The average molecular weight is 428 g/mol. The van der Waals surface area contributed by atoms with E-state index in [9.17, 15) is 13.2 Å². The van der Waals surface area contributed by atoms with E-state index in [1.54, 1.807) is 12.1 Å². The zero-order valence-electron chi connectivity index (χ0n) is 17.9. The molecule has 2 fully saturated rings. The summed E-state index contributed by atoms with van der Waals surface area (Å²) < 4.78 is 25.9. The van der Waals surface area contributed by atoms with Crippen molar-refractivity contribution in [1.29, 1.82) is 0 Å². The van der Waals surface area contributed by atoms with Crippen molar-refractivity contribution in [2.75, 3.05) is 47.7 Å². The lowest BCUT2D eigenvalue weighted by Gasteiger charge is -2.37. The van der Waals surface area contributed by atoms with Crippen LogP contribution in [0.25, 0.3) is 0 Å². The van der Waals surface area contributed by atoms with Gasteiger partial charge in [0.15, 0.2) is 0 Å². The van der Waals surface area contributed by atoms with Gasteiger partial charge in [-0.05, 0) is 62.6 Å². The number of benzene rings is 2. The Hall–Kier alpha value is -2.54. The lowest BCUT2D eigenvalue weighted by Crippen LogP contribution is -2.49. The molecule has 0 radical (unpaired) electrons. The molecule has 0 bridgehead atoms. The molecule has 1 amide bonds. The summed E-state index contributed by atoms with van der Waals surface area (Å²) in [6.07, 6.45) is 0.646. The average Bonchev–Trinajstić information content (AvgIpc) is 3.06. The number of piperazine rings is 1. The van der Waals surface area contributed by atoms with E-state index in [0.29, 0.717) is 37.3 Å². The van der Waals surface area contributed by atoms with Crippen LogP contribution in [0.3, 0.4) is 0 Å². The number of hydrogen-bond acceptors (Lipinski definition) is 4. The second-order valence-corrected chi connectivity index (χ2v) is 10.3. The normalized spacial score (nSPS) is 18.7. The van der Waals surface area contributed by atoms with Gasteiger partial charge in [0, 0.05) is 44.0 Å². The molecule has 0 aliphatic carbocycles. The largest absolute Gasteiger partial charge is 0.368 e. The fourth-order valence-electron chi connectivity index (χ4n) is 4.47. The van der Waals surface area contributed by atoms with Crippen LogP contribution in [0.4, 0.5) is 11.4 Å². The molecule has 160 valence electrons. The summed E-state index contributed by atoms with van der Waals surface area (Å²) in [5.74, 6) is 0.201. The number of carbonyl (C=O) groups is 1. The second kappa shape index (κ2) is 7.95. The molecule has 0 saturated carbocycles. The second-order valence-electron chi connectivity index (χ2n) is 8.31. The molecule has 0 aromatic heterocycles. The van der Waals surface area contributed by atoms with E-state index in [1.807, 2.05) is 17.9 Å². The van der Waals surface area contributed by atoms with Crippen molar-refractivity contribution in [2.24, 2.45) is 0 Å². The number of rotatable bonds is 3. The van der Waals surface area contributed by atoms with Gasteiger partial charge in [-0.3, -0.25) is 9.10 Å². The third kappa shape index (κ3) is 3.90. The number of aryl methyl sites for hydroxylation is 3. The van der Waals surface area contributed by atoms with Crippen molar-refractivity contribution < 1.29 is 13.2 Å². The van der Waals surface area contributed by atoms with E-state index in [-0.39, 0.29) is 11.7 Å². The molecular formula is C23H29N3O3S. The molecule has 0 N–H and O–H groups in total. The van der Waals surface area contributed by atoms with Gasteiger partial charge in [-0.2, -0.15) is 0 Å². The van der Waals surface area contributed by atoms with Gasteiger partial charge < -0.3 is 9.80 Å². The molecule has 2 aliphatic rings. The van der Waals surface area contributed by atoms with Gasteiger partial charge in [-0.25, -0.2) is 8.42 Å². The highest BCUT2D eigenvalue weighted by atomic mass is 32.2. The Morgan fingerprint density at radius 2 is 1.50 bits per heavy atom. The Kier molecular flexibility index (Phi) is 5.49. The van der Waals surface area contributed by atoms with Gasteiger partial charge >= 0.3 is 0 Å². The maximum absolute atomic E-state index is 13.0. The smallest absolute Gasteiger partial charge is 0.253 e. The van der Waals surface area contributed by atoms with Gasteiger partial charge in [0.2, 0.25) is 10.0 Å². The Morgan fingerprint density at radius 1 is 0.833 bits per heavy atom. The molecule has 0 unspecified atom stereocenters. The van der Waals surface area contributed by atoms with Crippen LogP contribution in [0.5, 0.6) is 0 Å². The van der Waals surface area contributed by atoms with Crippen LogP contribution >= 0.6 is 0 Å². The van der Waals surface area contributed by atoms with E-state index in [1.165, 1.54) is 21.1 Å². The van der Waals surface area contributed by atoms with Crippen molar-refractivity contribution in [3.05, 3.63) is 58.7 Å². The summed E-state index contributed by atoms with van der Waals surface area (Å²) >= 11 is 0. The van der Waals surface area contributed by atoms with Crippen molar-refractivity contribution in [2.45, 2.75) is 27.2 Å². The highest BCUT2D eigenvalue weighted by Crippen LogP contribution is 2.29. The summed E-state index contributed by atoms with van der Waals surface area (Å²) in [6.45, 7) is 9.57. The standard InChI is InChI=1S/C23H29N3O3S/c1-17-5-7-21(18(2)15-17)24-10-12-25(13-11-24)23(27)20-6-8-22(19(3)16-20)26-9-4-14-30(26,28)29/h5-8,15-16H,4,9-14H2,1-3H3. The maximum atomic E-state index is 13.0. The van der Waals surface area contributed by atoms with Crippen molar-refractivity contribution in [3.8, 4) is 0 Å². The molecule has 2 saturated heterocycles. The third-order valence-corrected chi connectivity index (χ3v) is 7.93. The molecule has 2 aromatic rings. The van der Waals surface area contributed by atoms with E-state index in [2.05, 4.69) is 36.9 Å². The summed E-state index contributed by atoms with van der Waals surface area (Å²) in [6, 6.07) is 11.8. The van der Waals surface area contributed by atoms with Gasteiger partial charge in [0.05, 0.1) is 11.4 Å². The van der Waals surface area contributed by atoms with Crippen molar-refractivity contribution in [1.82, 2.24) is 4.90 Å². The van der Waals surface area contributed by atoms with Crippen LogP contribution in [0.15, 0.2) is 36.4 Å². The predicted octanol–water partition coefficient (Wildman–Crippen LogP) is 3.11. The number of hydrogen-bond donors (Lipinski definition) is 0. The Balaban J connectivity index is 1.45. The Labute approximate surface area is 179 Å². The summed E-state index contributed by atoms with van der Waals surface area (Å²) in [5.41, 5.74) is 5.87. The SMILES string of the molecule is Cc1ccc(N2CCN(C(=O)c3ccc(N4CCCS4(=O)=O)c(C)c3)CC2)c(C)c1. The molecule has 7 heteroatoms. The topological polar surface area (TPSA) is 60.9 Å². The van der Waals surface area contributed by atoms with Gasteiger partial charge in [-0.15, -0.1) is 0 Å². The Morgan fingerprint density at radius 3 is 2.10 bits per heavy atom. The van der Waals surface area contributed by atoms with Crippen LogP contribution in [0.1, 0.15) is 33.5 Å². The van der Waals surface area contributed by atoms with Crippen molar-refractivity contribution >= 4 is 27.3 Å². The first-order valence-corrected chi connectivity index (χ1v) is 12.1. The number of amides is 1. The third-order valence-electron chi connectivity index (χ3n) is 6.07. The number of carbonyl (C=O) groups excluding carboxylic acids is 1. The summed E-state index contributed by atoms with van der Waals surface area (Å²) in [7, 11) is -3.22. The predicted molar refractivity (Wildman–Crippen MR) is 121 cm³/mol. The number of anilines is 2. The first-order valence-electron chi connectivity index (χ1n) is 10.5. The first-order chi connectivity index (χ1) is 14.3. The minimum Gasteiger partial charge on any atom is -0.368 e. The summed E-state index contributed by atoms with van der Waals surface area (Å²) in [4.78, 5) is 17.3. The minimum atomic E-state index is -3.22. The summed E-state index contributed by atoms with van der Waals surface area (Å²) in [5, 5.41) is 0. The van der Waals surface area contributed by atoms with E-state index >= 15 is 0 Å². The zero-order chi connectivity index (χ0) is 21.5. The fraction of sp³-hybridized carbons (Fsp3) is 0.435. The molecule has 2 aromatic carbocycles. The highest BCUT2D eigenvalue weighted by molar-refractivity contribution is 7.93. The van der Waals surface area contributed by atoms with E-state index in [4.69, 9.17) is 0 Å². The van der Waals surface area contributed by atoms with E-state index < -0.39 is 10.0 Å². The van der Waals surface area contributed by atoms with Crippen LogP contribution in [-0.4, -0.2) is 57.7 Å². The molecule has 30 heavy (non-hydrogen) atoms. The quantitative estimate of drug-likeness (QED) is 0.755. The van der Waals surface area contributed by atoms with Crippen LogP contribution in [0, 0.1) is 20.8 Å². The number of sulfonamides is 1. The van der Waals surface area contributed by atoms with Crippen LogP contribution in [-0.2, 0) is 10.0 Å². The Bertz CT molecular complexity index is 1070. The number of nitrogens with zero attached hydrogens (tertiary/aromatic N) is 3. The lowest BCUT2D eigenvalue weighted by molar-refractivity contribution is 0.0746. The monoisotopic (exact) mass is 427 g/mol. The van der Waals surface area contributed by atoms with Gasteiger partial charge in [-0.1, -0.05) is 17.7 Å². The molecule has 2 aliphatic heterocycles. The molecule has 0 atom stereocenters. The van der Waals surface area contributed by atoms with Crippen LogP contribution in [0.2, 0.25) is 0 Å². The zero-order valence-corrected chi connectivity index (χ0v) is 18.7. The molecule has 0 spiro atoms. The minimum absolute atomic E-state index is 0.00853. The van der Waals surface area contributed by atoms with Gasteiger partial charge in [0.1, 0.15) is 0 Å². The maximum Gasteiger partial charge on any atom is 0.253 e. The highest BCUT2D eigenvalue weighted by Gasteiger charge is 2.30. The fourth-order valence-corrected chi connectivity index (χ4v) is 6.10. The lowest BCUT2D eigenvalue weighted by atomic mass is 10.1. The molecular weight excluding hydrogens is 398 g/mol. The van der Waals surface area contributed by atoms with Gasteiger partial charge in [0.25, 0.3) is 5.91 Å². The molecule has 6 nitrogen and oxygen atoms in total.